The van der Waals surface area contributed by atoms with Crippen molar-refractivity contribution in [1.29, 1.82) is 0 Å². The number of aromatic nitrogens is 3. The van der Waals surface area contributed by atoms with E-state index < -0.39 is 11.9 Å². The molecule has 102 valence electrons. The van der Waals surface area contributed by atoms with E-state index in [0.717, 1.165) is 12.2 Å². The van der Waals surface area contributed by atoms with E-state index in [4.69, 9.17) is 5.11 Å². The first-order valence-electron chi connectivity index (χ1n) is 5.73. The molecular weight excluding hydrogens is 260 g/mol. The molecule has 20 heavy (non-hydrogen) atoms. The van der Waals surface area contributed by atoms with Crippen molar-refractivity contribution in [3.05, 3.63) is 42.7 Å². The Balaban J connectivity index is 2.28. The number of carboxylic acid groups (broad SMARTS) is 1. The second kappa shape index (κ2) is 5.79. The second-order valence-electron chi connectivity index (χ2n) is 3.97. The standard InChI is InChI=1S/C13H12N4O3/c1-17-8-14-16-13(17)9-4-2-3-5-10(9)15-11(18)6-7-12(19)20/h2-8H,1H3,(H,15,18)(H,19,20)/b7-6+. The molecule has 1 aromatic carbocycles. The highest BCUT2D eigenvalue weighted by Crippen LogP contribution is 2.25. The van der Waals surface area contributed by atoms with Crippen LogP contribution in [-0.2, 0) is 16.6 Å². The highest BCUT2D eigenvalue weighted by atomic mass is 16.4. The van der Waals surface area contributed by atoms with Crippen LogP contribution in [0.4, 0.5) is 5.69 Å². The van der Waals surface area contributed by atoms with Crippen LogP contribution >= 0.6 is 0 Å². The Bertz CT molecular complexity index is 676. The van der Waals surface area contributed by atoms with E-state index in [-0.39, 0.29) is 0 Å². The highest BCUT2D eigenvalue weighted by Gasteiger charge is 2.11. The molecule has 2 N–H and O–H groups in total. The first-order valence-corrected chi connectivity index (χ1v) is 5.73. The molecule has 7 heteroatoms. The Morgan fingerprint density at radius 2 is 2.05 bits per heavy atom. The third-order valence-electron chi connectivity index (χ3n) is 2.51. The number of amides is 1. The van der Waals surface area contributed by atoms with Crippen LogP contribution in [0.25, 0.3) is 11.4 Å². The first kappa shape index (κ1) is 13.5. The summed E-state index contributed by atoms with van der Waals surface area (Å²) in [6.07, 6.45) is 3.29. The maximum absolute atomic E-state index is 11.6. The van der Waals surface area contributed by atoms with Gasteiger partial charge in [0.05, 0.1) is 5.69 Å². The number of anilines is 1. The van der Waals surface area contributed by atoms with E-state index in [0.29, 0.717) is 17.1 Å². The van der Waals surface area contributed by atoms with Crippen molar-refractivity contribution in [2.75, 3.05) is 5.32 Å². The van der Waals surface area contributed by atoms with Crippen molar-refractivity contribution >= 4 is 17.6 Å². The van der Waals surface area contributed by atoms with Gasteiger partial charge in [0.25, 0.3) is 0 Å². The van der Waals surface area contributed by atoms with Gasteiger partial charge in [-0.3, -0.25) is 4.79 Å². The molecule has 0 aliphatic carbocycles. The Morgan fingerprint density at radius 3 is 2.70 bits per heavy atom. The molecule has 0 spiro atoms. The number of benzene rings is 1. The number of carbonyl (C=O) groups is 2. The lowest BCUT2D eigenvalue weighted by Gasteiger charge is -2.08. The normalized spacial score (nSPS) is 10.7. The van der Waals surface area contributed by atoms with Gasteiger partial charge < -0.3 is 15.0 Å². The molecule has 0 aliphatic heterocycles. The summed E-state index contributed by atoms with van der Waals surface area (Å²) in [6, 6.07) is 7.07. The molecule has 0 fully saturated rings. The van der Waals surface area contributed by atoms with Gasteiger partial charge in [-0.05, 0) is 12.1 Å². The topological polar surface area (TPSA) is 97.1 Å². The molecule has 0 bridgehead atoms. The van der Waals surface area contributed by atoms with Crippen molar-refractivity contribution in [2.24, 2.45) is 7.05 Å². The summed E-state index contributed by atoms with van der Waals surface area (Å²) in [6.45, 7) is 0. The summed E-state index contributed by atoms with van der Waals surface area (Å²) in [5.41, 5.74) is 1.23. The number of hydrogen-bond donors (Lipinski definition) is 2. The molecule has 1 aromatic heterocycles. The fraction of sp³-hybridized carbons (Fsp3) is 0.0769. The third kappa shape index (κ3) is 3.08. The second-order valence-corrected chi connectivity index (χ2v) is 3.97. The fourth-order valence-electron chi connectivity index (χ4n) is 1.64. The first-order chi connectivity index (χ1) is 9.58. The Morgan fingerprint density at radius 1 is 1.30 bits per heavy atom. The molecule has 7 nitrogen and oxygen atoms in total. The number of carbonyl (C=O) groups excluding carboxylic acids is 1. The number of aryl methyl sites for hydroxylation is 1. The van der Waals surface area contributed by atoms with Crippen molar-refractivity contribution < 1.29 is 14.7 Å². The van der Waals surface area contributed by atoms with Crippen LogP contribution in [-0.4, -0.2) is 31.7 Å². The quantitative estimate of drug-likeness (QED) is 0.811. The molecule has 0 unspecified atom stereocenters. The summed E-state index contributed by atoms with van der Waals surface area (Å²) < 4.78 is 1.72. The fourth-order valence-corrected chi connectivity index (χ4v) is 1.64. The summed E-state index contributed by atoms with van der Waals surface area (Å²) in [5, 5.41) is 18.9. The van der Waals surface area contributed by atoms with Gasteiger partial charge in [-0.2, -0.15) is 0 Å². The van der Waals surface area contributed by atoms with Gasteiger partial charge in [0.15, 0.2) is 5.82 Å². The minimum Gasteiger partial charge on any atom is -0.478 e. The van der Waals surface area contributed by atoms with Crippen LogP contribution in [0.1, 0.15) is 0 Å². The molecule has 2 rings (SSSR count). The van der Waals surface area contributed by atoms with Crippen molar-refractivity contribution in [2.45, 2.75) is 0 Å². The lowest BCUT2D eigenvalue weighted by Crippen LogP contribution is -2.10. The Labute approximate surface area is 114 Å². The Hall–Kier alpha value is -2.96. The highest BCUT2D eigenvalue weighted by molar-refractivity contribution is 6.04. The van der Waals surface area contributed by atoms with E-state index >= 15 is 0 Å². The van der Waals surface area contributed by atoms with Crippen LogP contribution in [0.2, 0.25) is 0 Å². The largest absolute Gasteiger partial charge is 0.478 e. The monoisotopic (exact) mass is 272 g/mol. The average Bonchev–Trinajstić information content (AvgIpc) is 2.83. The number of nitrogens with zero attached hydrogens (tertiary/aromatic N) is 3. The van der Waals surface area contributed by atoms with Gasteiger partial charge in [0.1, 0.15) is 6.33 Å². The molecule has 0 saturated heterocycles. The number of rotatable bonds is 4. The zero-order chi connectivity index (χ0) is 14.5. The van der Waals surface area contributed by atoms with Gasteiger partial charge in [0.2, 0.25) is 5.91 Å². The van der Waals surface area contributed by atoms with Crippen LogP contribution in [0, 0.1) is 0 Å². The maximum atomic E-state index is 11.6. The van der Waals surface area contributed by atoms with Crippen LogP contribution in [0.3, 0.4) is 0 Å². The van der Waals surface area contributed by atoms with Crippen molar-refractivity contribution in [1.82, 2.24) is 14.8 Å². The van der Waals surface area contributed by atoms with Crippen molar-refractivity contribution in [3.63, 3.8) is 0 Å². The third-order valence-corrected chi connectivity index (χ3v) is 2.51. The van der Waals surface area contributed by atoms with E-state index in [1.807, 2.05) is 6.07 Å². The van der Waals surface area contributed by atoms with Gasteiger partial charge in [-0.25, -0.2) is 4.79 Å². The molecule has 0 saturated carbocycles. The SMILES string of the molecule is Cn1cnnc1-c1ccccc1NC(=O)/C=C/C(=O)O. The molecule has 2 aromatic rings. The van der Waals surface area contributed by atoms with Crippen molar-refractivity contribution in [3.8, 4) is 11.4 Å². The van der Waals surface area contributed by atoms with E-state index in [1.165, 1.54) is 0 Å². The number of carboxylic acids is 1. The number of aliphatic carboxylic acids is 1. The van der Waals surface area contributed by atoms with E-state index in [2.05, 4.69) is 15.5 Å². The maximum Gasteiger partial charge on any atom is 0.328 e. The summed E-state index contributed by atoms with van der Waals surface area (Å²) >= 11 is 0. The van der Waals surface area contributed by atoms with Gasteiger partial charge in [0, 0.05) is 24.8 Å². The lowest BCUT2D eigenvalue weighted by atomic mass is 10.1. The minimum atomic E-state index is -1.18. The molecular formula is C13H12N4O3. The number of hydrogen-bond acceptors (Lipinski definition) is 4. The number of nitrogens with one attached hydrogen (secondary N) is 1. The summed E-state index contributed by atoms with van der Waals surface area (Å²) in [4.78, 5) is 22.0. The molecule has 0 aliphatic rings. The number of para-hydroxylation sites is 1. The van der Waals surface area contributed by atoms with E-state index in [9.17, 15) is 9.59 Å². The van der Waals surface area contributed by atoms with Gasteiger partial charge in [-0.15, -0.1) is 10.2 Å². The van der Waals surface area contributed by atoms with Gasteiger partial charge >= 0.3 is 5.97 Å². The molecule has 0 atom stereocenters. The predicted octanol–water partition coefficient (Wildman–Crippen LogP) is 1.06. The van der Waals surface area contributed by atoms with Gasteiger partial charge in [-0.1, -0.05) is 12.1 Å². The average molecular weight is 272 g/mol. The summed E-state index contributed by atoms with van der Waals surface area (Å²) in [7, 11) is 1.79. The smallest absolute Gasteiger partial charge is 0.328 e. The summed E-state index contributed by atoms with van der Waals surface area (Å²) in [5.74, 6) is -1.10. The molecule has 0 radical (unpaired) electrons. The Kier molecular flexibility index (Phi) is 3.90. The van der Waals surface area contributed by atoms with Crippen LogP contribution in [0.15, 0.2) is 42.7 Å². The zero-order valence-corrected chi connectivity index (χ0v) is 10.6. The van der Waals surface area contributed by atoms with E-state index in [1.54, 1.807) is 36.1 Å². The molecule has 1 amide bonds. The lowest BCUT2D eigenvalue weighted by molar-refractivity contribution is -0.131. The van der Waals surface area contributed by atoms with Crippen LogP contribution < -0.4 is 5.32 Å². The molecule has 1 heterocycles. The zero-order valence-electron chi connectivity index (χ0n) is 10.6. The minimum absolute atomic E-state index is 0.526. The van der Waals surface area contributed by atoms with Crippen LogP contribution in [0.5, 0.6) is 0 Å². The predicted molar refractivity (Wildman–Crippen MR) is 71.8 cm³/mol.